The number of rotatable bonds is 5. The molecule has 0 aliphatic heterocycles. The zero-order valence-electron chi connectivity index (χ0n) is 15.3. The first-order chi connectivity index (χ1) is 11.9. The van der Waals surface area contributed by atoms with Crippen molar-refractivity contribution in [2.24, 2.45) is 0 Å². The Morgan fingerprint density at radius 1 is 1.23 bits per heavy atom. The van der Waals surface area contributed by atoms with E-state index in [1.807, 2.05) is 13.8 Å². The largest absolute Gasteiger partial charge is 0.305 e. The maximum Gasteiger partial charge on any atom is 0.258 e. The van der Waals surface area contributed by atoms with Gasteiger partial charge in [0.1, 0.15) is 0 Å². The number of carbonyl (C=O) groups is 1. The van der Waals surface area contributed by atoms with Crippen LogP contribution in [0.25, 0.3) is 0 Å². The monoisotopic (exact) mass is 442 g/mol. The fourth-order valence-corrected chi connectivity index (χ4v) is 4.06. The molecular formula is C17H23BrN4O3S. The van der Waals surface area contributed by atoms with Crippen LogP contribution in [0.4, 0.5) is 5.82 Å². The van der Waals surface area contributed by atoms with Crippen molar-refractivity contribution in [3.05, 3.63) is 40.0 Å². The van der Waals surface area contributed by atoms with Gasteiger partial charge in [0.25, 0.3) is 5.91 Å². The van der Waals surface area contributed by atoms with Crippen LogP contribution in [0.3, 0.4) is 0 Å². The van der Waals surface area contributed by atoms with Gasteiger partial charge in [-0.2, -0.15) is 5.10 Å². The number of aromatic amines is 1. The van der Waals surface area contributed by atoms with E-state index >= 15 is 0 Å². The van der Waals surface area contributed by atoms with Crippen molar-refractivity contribution in [2.75, 3.05) is 5.32 Å². The molecule has 7 nitrogen and oxygen atoms in total. The number of sulfonamides is 1. The molecule has 0 radical (unpaired) electrons. The number of nitrogens with one attached hydrogen (secondary N) is 3. The Hall–Kier alpha value is -1.71. The smallest absolute Gasteiger partial charge is 0.258 e. The number of carbonyl (C=O) groups excluding carboxylic acids is 1. The van der Waals surface area contributed by atoms with E-state index in [-0.39, 0.29) is 16.4 Å². The Kier molecular flexibility index (Phi) is 5.94. The molecule has 142 valence electrons. The van der Waals surface area contributed by atoms with E-state index in [1.54, 1.807) is 26.8 Å². The highest BCUT2D eigenvalue weighted by molar-refractivity contribution is 9.10. The van der Waals surface area contributed by atoms with Crippen LogP contribution in [0.15, 0.2) is 33.6 Å². The Morgan fingerprint density at radius 3 is 2.42 bits per heavy atom. The van der Waals surface area contributed by atoms with Gasteiger partial charge in [-0.15, -0.1) is 0 Å². The molecule has 0 saturated carbocycles. The summed E-state index contributed by atoms with van der Waals surface area (Å²) >= 11 is 3.30. The lowest BCUT2D eigenvalue weighted by molar-refractivity contribution is 0.102. The molecule has 1 heterocycles. The fourth-order valence-electron chi connectivity index (χ4n) is 2.19. The van der Waals surface area contributed by atoms with Crippen molar-refractivity contribution in [3.8, 4) is 0 Å². The molecule has 0 atom stereocenters. The number of H-pyrrole nitrogens is 1. The van der Waals surface area contributed by atoms with Crippen molar-refractivity contribution < 1.29 is 13.2 Å². The first kappa shape index (κ1) is 20.6. The lowest BCUT2D eigenvalue weighted by atomic mass is 10.1. The zero-order chi connectivity index (χ0) is 19.7. The van der Waals surface area contributed by atoms with Gasteiger partial charge in [0.15, 0.2) is 5.82 Å². The highest BCUT2D eigenvalue weighted by atomic mass is 79.9. The van der Waals surface area contributed by atoms with Gasteiger partial charge in [0.05, 0.1) is 10.5 Å². The summed E-state index contributed by atoms with van der Waals surface area (Å²) in [5, 5.41) is 9.58. The number of amides is 1. The van der Waals surface area contributed by atoms with Crippen LogP contribution in [0, 0.1) is 0 Å². The molecular weight excluding hydrogens is 420 g/mol. The summed E-state index contributed by atoms with van der Waals surface area (Å²) in [6, 6.07) is 6.07. The average Bonchev–Trinajstić information content (AvgIpc) is 2.93. The number of benzene rings is 1. The number of anilines is 1. The van der Waals surface area contributed by atoms with Gasteiger partial charge in [-0.1, -0.05) is 13.8 Å². The van der Waals surface area contributed by atoms with Gasteiger partial charge in [0.2, 0.25) is 10.0 Å². The Labute approximate surface area is 162 Å². The third-order valence-electron chi connectivity index (χ3n) is 3.39. The normalized spacial score (nSPS) is 12.4. The van der Waals surface area contributed by atoms with E-state index in [4.69, 9.17) is 0 Å². The summed E-state index contributed by atoms with van der Waals surface area (Å²) in [6.45, 7) is 9.27. The van der Waals surface area contributed by atoms with Gasteiger partial charge in [-0.25, -0.2) is 13.1 Å². The molecule has 1 aromatic carbocycles. The van der Waals surface area contributed by atoms with E-state index in [0.29, 0.717) is 10.3 Å². The number of nitrogens with zero attached hydrogens (tertiary/aromatic N) is 1. The topological polar surface area (TPSA) is 104 Å². The minimum absolute atomic E-state index is 0.0191. The molecule has 0 aliphatic rings. The predicted octanol–water partition coefficient (Wildman–Crippen LogP) is 3.62. The molecule has 1 amide bonds. The molecule has 1 aromatic heterocycles. The zero-order valence-corrected chi connectivity index (χ0v) is 17.7. The lowest BCUT2D eigenvalue weighted by Crippen LogP contribution is -2.40. The summed E-state index contributed by atoms with van der Waals surface area (Å²) in [5.74, 6) is 0.176. The van der Waals surface area contributed by atoms with Crippen LogP contribution in [0.1, 0.15) is 56.6 Å². The Morgan fingerprint density at radius 2 is 1.88 bits per heavy atom. The molecule has 3 N–H and O–H groups in total. The summed E-state index contributed by atoms with van der Waals surface area (Å²) in [5.41, 5.74) is 0.470. The highest BCUT2D eigenvalue weighted by Gasteiger charge is 2.24. The van der Waals surface area contributed by atoms with E-state index in [0.717, 1.165) is 5.69 Å². The predicted molar refractivity (Wildman–Crippen MR) is 105 cm³/mol. The molecule has 0 fully saturated rings. The average molecular weight is 443 g/mol. The minimum atomic E-state index is -3.74. The summed E-state index contributed by atoms with van der Waals surface area (Å²) in [6.07, 6.45) is 0. The van der Waals surface area contributed by atoms with Gasteiger partial charge >= 0.3 is 0 Å². The summed E-state index contributed by atoms with van der Waals surface area (Å²) < 4.78 is 28.1. The molecule has 0 spiro atoms. The van der Waals surface area contributed by atoms with Crippen LogP contribution >= 0.6 is 15.9 Å². The van der Waals surface area contributed by atoms with Crippen LogP contribution in [-0.2, 0) is 10.0 Å². The summed E-state index contributed by atoms with van der Waals surface area (Å²) in [4.78, 5) is 12.6. The van der Waals surface area contributed by atoms with Gasteiger partial charge in [0, 0.05) is 21.8 Å². The van der Waals surface area contributed by atoms with E-state index in [9.17, 15) is 13.2 Å². The molecule has 0 saturated heterocycles. The minimum Gasteiger partial charge on any atom is -0.305 e. The fraction of sp³-hybridized carbons (Fsp3) is 0.412. The van der Waals surface area contributed by atoms with Crippen molar-refractivity contribution >= 4 is 37.7 Å². The van der Waals surface area contributed by atoms with E-state index in [2.05, 4.69) is 36.2 Å². The van der Waals surface area contributed by atoms with E-state index in [1.165, 1.54) is 18.2 Å². The molecule has 0 bridgehead atoms. The molecule has 2 aromatic rings. The lowest BCUT2D eigenvalue weighted by Gasteiger charge is -2.20. The number of halogens is 1. The second kappa shape index (κ2) is 7.50. The highest BCUT2D eigenvalue weighted by Crippen LogP contribution is 2.23. The Bertz CT molecular complexity index is 914. The van der Waals surface area contributed by atoms with Gasteiger partial charge < -0.3 is 5.32 Å². The van der Waals surface area contributed by atoms with Crippen molar-refractivity contribution in [2.45, 2.75) is 51.0 Å². The van der Waals surface area contributed by atoms with Crippen molar-refractivity contribution in [1.82, 2.24) is 14.9 Å². The van der Waals surface area contributed by atoms with Gasteiger partial charge in [-0.05, 0) is 60.8 Å². The summed E-state index contributed by atoms with van der Waals surface area (Å²) in [7, 11) is -3.74. The third kappa shape index (κ3) is 5.15. The number of aromatic nitrogens is 2. The Balaban J connectivity index is 2.30. The maximum absolute atomic E-state index is 12.6. The van der Waals surface area contributed by atoms with Crippen LogP contribution in [-0.4, -0.2) is 30.1 Å². The first-order valence-electron chi connectivity index (χ1n) is 8.09. The van der Waals surface area contributed by atoms with Crippen molar-refractivity contribution in [1.29, 1.82) is 0 Å². The van der Waals surface area contributed by atoms with Crippen molar-refractivity contribution in [3.63, 3.8) is 0 Å². The quantitative estimate of drug-likeness (QED) is 0.657. The molecule has 26 heavy (non-hydrogen) atoms. The first-order valence-corrected chi connectivity index (χ1v) is 10.4. The van der Waals surface area contributed by atoms with Gasteiger partial charge in [-0.3, -0.25) is 9.89 Å². The number of hydrogen-bond acceptors (Lipinski definition) is 4. The molecule has 9 heteroatoms. The number of hydrogen-bond donors (Lipinski definition) is 3. The molecule has 0 unspecified atom stereocenters. The third-order valence-corrected chi connectivity index (χ3v) is 5.84. The van der Waals surface area contributed by atoms with E-state index < -0.39 is 21.5 Å². The molecule has 0 aliphatic carbocycles. The molecule has 2 rings (SSSR count). The second-order valence-electron chi connectivity index (χ2n) is 7.31. The maximum atomic E-state index is 12.6. The van der Waals surface area contributed by atoms with Crippen LogP contribution < -0.4 is 10.0 Å². The second-order valence-corrected chi connectivity index (χ2v) is 9.85. The standard InChI is InChI=1S/C17H23BrN4O3S/c1-10(2)14-9-15(21-20-14)19-16(23)12-8-11(6-7-13(12)18)26(24,25)22-17(3,4)5/h6-10,22H,1-5H3,(H2,19,20,21,23). The van der Waals surface area contributed by atoms with Crippen LogP contribution in [0.5, 0.6) is 0 Å². The van der Waals surface area contributed by atoms with Crippen LogP contribution in [0.2, 0.25) is 0 Å². The SMILES string of the molecule is CC(C)c1cc(NC(=O)c2cc(S(=O)(=O)NC(C)(C)C)ccc2Br)n[nH]1.